The highest BCUT2D eigenvalue weighted by Crippen LogP contribution is 2.30. The van der Waals surface area contributed by atoms with Crippen LogP contribution in [0.15, 0.2) is 42.6 Å². The minimum Gasteiger partial charge on any atom is -0.300 e. The first-order valence-corrected chi connectivity index (χ1v) is 6.73. The Hall–Kier alpha value is -2.03. The van der Waals surface area contributed by atoms with Gasteiger partial charge in [-0.1, -0.05) is 30.3 Å². The quantitative estimate of drug-likeness (QED) is 0.823. The molecule has 3 nitrogen and oxygen atoms in total. The Morgan fingerprint density at radius 3 is 2.47 bits per heavy atom. The molecule has 19 heavy (non-hydrogen) atoms. The van der Waals surface area contributed by atoms with Crippen LogP contribution in [0.25, 0.3) is 11.4 Å². The zero-order valence-corrected chi connectivity index (χ0v) is 10.7. The molecule has 0 atom stereocenters. The van der Waals surface area contributed by atoms with E-state index in [4.69, 9.17) is 0 Å². The van der Waals surface area contributed by atoms with Gasteiger partial charge in [-0.15, -0.1) is 0 Å². The monoisotopic (exact) mass is 252 g/mol. The Morgan fingerprint density at radius 1 is 1.00 bits per heavy atom. The molecule has 1 fully saturated rings. The van der Waals surface area contributed by atoms with Crippen molar-refractivity contribution < 1.29 is 4.79 Å². The summed E-state index contributed by atoms with van der Waals surface area (Å²) in [5.74, 6) is 1.56. The van der Waals surface area contributed by atoms with Crippen LogP contribution in [0.4, 0.5) is 0 Å². The van der Waals surface area contributed by atoms with E-state index in [1.165, 1.54) is 0 Å². The minimum atomic E-state index is 0.383. The van der Waals surface area contributed by atoms with Gasteiger partial charge in [-0.3, -0.25) is 4.79 Å². The van der Waals surface area contributed by atoms with Crippen molar-refractivity contribution in [1.82, 2.24) is 9.97 Å². The molecule has 0 radical (unpaired) electrons. The van der Waals surface area contributed by atoms with Crippen molar-refractivity contribution in [2.75, 3.05) is 0 Å². The number of nitrogens with zero attached hydrogens (tertiary/aromatic N) is 2. The van der Waals surface area contributed by atoms with Crippen LogP contribution in [0, 0.1) is 0 Å². The summed E-state index contributed by atoms with van der Waals surface area (Å²) in [4.78, 5) is 20.3. The van der Waals surface area contributed by atoms with Gasteiger partial charge in [0.2, 0.25) is 0 Å². The number of ketones is 1. The average molecular weight is 252 g/mol. The first-order valence-electron chi connectivity index (χ1n) is 6.73. The van der Waals surface area contributed by atoms with E-state index in [1.807, 2.05) is 42.6 Å². The topological polar surface area (TPSA) is 42.9 Å². The van der Waals surface area contributed by atoms with Crippen molar-refractivity contribution in [2.45, 2.75) is 31.6 Å². The van der Waals surface area contributed by atoms with E-state index in [-0.39, 0.29) is 0 Å². The second kappa shape index (κ2) is 5.31. The number of Topliss-reactive ketones (excluding diaryl/α,β-unsaturated/α-hetero) is 1. The Bertz CT molecular complexity index is 570. The van der Waals surface area contributed by atoms with Gasteiger partial charge in [-0.2, -0.15) is 0 Å². The smallest absolute Gasteiger partial charge is 0.159 e. The van der Waals surface area contributed by atoms with Gasteiger partial charge in [0.15, 0.2) is 5.82 Å². The maximum Gasteiger partial charge on any atom is 0.159 e. The van der Waals surface area contributed by atoms with Gasteiger partial charge in [-0.05, 0) is 18.9 Å². The Morgan fingerprint density at radius 2 is 1.74 bits per heavy atom. The zero-order chi connectivity index (χ0) is 13.1. The van der Waals surface area contributed by atoms with Gasteiger partial charge in [0, 0.05) is 36.2 Å². The highest BCUT2D eigenvalue weighted by molar-refractivity contribution is 5.79. The Balaban J connectivity index is 1.86. The van der Waals surface area contributed by atoms with Crippen LogP contribution in [-0.2, 0) is 4.79 Å². The van der Waals surface area contributed by atoms with Crippen molar-refractivity contribution in [1.29, 1.82) is 0 Å². The highest BCUT2D eigenvalue weighted by atomic mass is 16.1. The van der Waals surface area contributed by atoms with E-state index >= 15 is 0 Å². The summed E-state index contributed by atoms with van der Waals surface area (Å²) in [5, 5.41) is 0. The number of hydrogen-bond donors (Lipinski definition) is 0. The van der Waals surface area contributed by atoms with E-state index in [9.17, 15) is 4.79 Å². The molecule has 2 aromatic rings. The van der Waals surface area contributed by atoms with E-state index in [0.29, 0.717) is 24.5 Å². The molecule has 1 aliphatic rings. The number of rotatable bonds is 2. The summed E-state index contributed by atoms with van der Waals surface area (Å²) < 4.78 is 0. The van der Waals surface area contributed by atoms with Crippen LogP contribution in [0.5, 0.6) is 0 Å². The van der Waals surface area contributed by atoms with E-state index in [2.05, 4.69) is 9.97 Å². The molecule has 1 aromatic heterocycles. The molecule has 0 aliphatic heterocycles. The molecule has 0 N–H and O–H groups in total. The maximum atomic E-state index is 11.3. The molecule has 3 rings (SSSR count). The molecule has 0 bridgehead atoms. The van der Waals surface area contributed by atoms with Crippen LogP contribution in [-0.4, -0.2) is 15.8 Å². The molecule has 96 valence electrons. The number of hydrogen-bond acceptors (Lipinski definition) is 3. The third-order valence-electron chi connectivity index (χ3n) is 3.67. The lowest BCUT2D eigenvalue weighted by Crippen LogP contribution is -2.13. The van der Waals surface area contributed by atoms with Crippen LogP contribution >= 0.6 is 0 Å². The van der Waals surface area contributed by atoms with Crippen molar-refractivity contribution in [3.8, 4) is 11.4 Å². The second-order valence-corrected chi connectivity index (χ2v) is 4.98. The lowest BCUT2D eigenvalue weighted by molar-refractivity contribution is -0.120. The van der Waals surface area contributed by atoms with Gasteiger partial charge in [0.05, 0.1) is 0 Å². The Kier molecular flexibility index (Phi) is 3.36. The molecule has 0 amide bonds. The fraction of sp³-hybridized carbons (Fsp3) is 0.312. The lowest BCUT2D eigenvalue weighted by atomic mass is 9.86. The molecule has 0 unspecified atom stereocenters. The van der Waals surface area contributed by atoms with Crippen LogP contribution in [0.1, 0.15) is 37.3 Å². The minimum absolute atomic E-state index is 0.383. The highest BCUT2D eigenvalue weighted by Gasteiger charge is 2.21. The predicted octanol–water partition coefficient (Wildman–Crippen LogP) is 3.37. The lowest BCUT2D eigenvalue weighted by Gasteiger charge is -2.20. The normalized spacial score (nSPS) is 16.5. The first-order chi connectivity index (χ1) is 9.33. The summed E-state index contributed by atoms with van der Waals surface area (Å²) in [6.45, 7) is 0. The summed E-state index contributed by atoms with van der Waals surface area (Å²) in [7, 11) is 0. The molecule has 0 saturated heterocycles. The molecule has 0 spiro atoms. The van der Waals surface area contributed by atoms with Crippen LogP contribution in [0.3, 0.4) is 0 Å². The zero-order valence-electron chi connectivity index (χ0n) is 10.7. The van der Waals surface area contributed by atoms with Gasteiger partial charge in [0.1, 0.15) is 5.78 Å². The van der Waals surface area contributed by atoms with E-state index in [1.54, 1.807) is 0 Å². The van der Waals surface area contributed by atoms with Crippen molar-refractivity contribution in [2.24, 2.45) is 0 Å². The molecule has 1 aromatic carbocycles. The summed E-state index contributed by atoms with van der Waals surface area (Å²) in [5.41, 5.74) is 2.11. The van der Waals surface area contributed by atoms with Crippen LogP contribution in [0.2, 0.25) is 0 Å². The third kappa shape index (κ3) is 2.70. The van der Waals surface area contributed by atoms with Gasteiger partial charge in [-0.25, -0.2) is 9.97 Å². The van der Waals surface area contributed by atoms with Crippen molar-refractivity contribution in [3.05, 3.63) is 48.3 Å². The predicted molar refractivity (Wildman–Crippen MR) is 73.7 cm³/mol. The number of carbonyl (C=O) groups excluding carboxylic acids is 1. The standard InChI is InChI=1S/C16H16N2O/c19-14-8-6-12(7-9-14)15-10-11-17-16(18-15)13-4-2-1-3-5-13/h1-5,10-12H,6-9H2. The van der Waals surface area contributed by atoms with Gasteiger partial charge in [0.25, 0.3) is 0 Å². The summed E-state index contributed by atoms with van der Waals surface area (Å²) in [6.07, 6.45) is 5.04. The summed E-state index contributed by atoms with van der Waals surface area (Å²) in [6, 6.07) is 12.0. The van der Waals surface area contributed by atoms with Gasteiger partial charge < -0.3 is 0 Å². The van der Waals surface area contributed by atoms with Gasteiger partial charge >= 0.3 is 0 Å². The molecule has 1 heterocycles. The maximum absolute atomic E-state index is 11.3. The summed E-state index contributed by atoms with van der Waals surface area (Å²) >= 11 is 0. The number of aromatic nitrogens is 2. The van der Waals surface area contributed by atoms with E-state index < -0.39 is 0 Å². The third-order valence-corrected chi connectivity index (χ3v) is 3.67. The first kappa shape index (κ1) is 12.0. The van der Waals surface area contributed by atoms with Crippen molar-refractivity contribution in [3.63, 3.8) is 0 Å². The Labute approximate surface area is 112 Å². The largest absolute Gasteiger partial charge is 0.300 e. The fourth-order valence-corrected chi connectivity index (χ4v) is 2.56. The molecule has 1 aliphatic carbocycles. The van der Waals surface area contributed by atoms with Crippen LogP contribution < -0.4 is 0 Å². The van der Waals surface area contributed by atoms with E-state index in [0.717, 1.165) is 29.9 Å². The fourth-order valence-electron chi connectivity index (χ4n) is 2.56. The SMILES string of the molecule is O=C1CCC(c2ccnc(-c3ccccc3)n2)CC1. The second-order valence-electron chi connectivity index (χ2n) is 4.98. The average Bonchev–Trinajstić information content (AvgIpc) is 2.49. The number of carbonyl (C=O) groups is 1. The number of benzene rings is 1. The molecule has 3 heteroatoms. The van der Waals surface area contributed by atoms with Crippen molar-refractivity contribution >= 4 is 5.78 Å². The molecule has 1 saturated carbocycles. The molecular formula is C16H16N2O. The molecular weight excluding hydrogens is 236 g/mol.